The molecule has 1 nitrogen and oxygen atoms in total. The Labute approximate surface area is 55.5 Å². The van der Waals surface area contributed by atoms with Crippen LogP contribution in [0.25, 0.3) is 0 Å². The van der Waals surface area contributed by atoms with Crippen LogP contribution in [-0.2, 0) is 0 Å². The normalized spacial score (nSPS) is 7.00. The zero-order valence-electron chi connectivity index (χ0n) is 4.48. The highest BCUT2D eigenvalue weighted by molar-refractivity contribution is 5.75. The molecule has 0 saturated heterocycles. The van der Waals surface area contributed by atoms with Crippen molar-refractivity contribution < 1.29 is 0 Å². The Balaban J connectivity index is 0. The van der Waals surface area contributed by atoms with Gasteiger partial charge in [0.15, 0.2) is 0 Å². The van der Waals surface area contributed by atoms with Crippen molar-refractivity contribution in [1.82, 2.24) is 5.32 Å². The first-order valence-electron chi connectivity index (χ1n) is 2.34. The van der Waals surface area contributed by atoms with Crippen LogP contribution < -0.4 is 5.32 Å². The standard InChI is InChI=1S/C6H11N.H4Si/c1-3-5-7-6-4-2;/h3-4,7H,1-2,5-6H2;1H4. The SMILES string of the molecule is C=CCNCC=C.[SiH4]. The van der Waals surface area contributed by atoms with Gasteiger partial charge in [0.2, 0.25) is 0 Å². The van der Waals surface area contributed by atoms with Gasteiger partial charge in [0.1, 0.15) is 0 Å². The van der Waals surface area contributed by atoms with Crippen LogP contribution >= 0.6 is 0 Å². The van der Waals surface area contributed by atoms with E-state index in [1.54, 1.807) is 0 Å². The summed E-state index contributed by atoms with van der Waals surface area (Å²) < 4.78 is 0. The van der Waals surface area contributed by atoms with Gasteiger partial charge in [-0.2, -0.15) is 0 Å². The molecular formula is C6H15NSi. The summed E-state index contributed by atoms with van der Waals surface area (Å²) in [4.78, 5) is 0. The molecule has 0 aromatic carbocycles. The van der Waals surface area contributed by atoms with Crippen LogP contribution in [0, 0.1) is 0 Å². The van der Waals surface area contributed by atoms with Crippen molar-refractivity contribution in [1.29, 1.82) is 0 Å². The number of hydrogen-bond acceptors (Lipinski definition) is 1. The molecule has 0 spiro atoms. The molecule has 0 saturated carbocycles. The summed E-state index contributed by atoms with van der Waals surface area (Å²) in [6, 6.07) is 0. The zero-order chi connectivity index (χ0) is 5.54. The van der Waals surface area contributed by atoms with E-state index < -0.39 is 0 Å². The smallest absolute Gasteiger partial charge is 0.0135 e. The first kappa shape index (κ1) is 10.6. The van der Waals surface area contributed by atoms with Crippen molar-refractivity contribution >= 4 is 11.0 Å². The van der Waals surface area contributed by atoms with E-state index in [9.17, 15) is 0 Å². The summed E-state index contributed by atoms with van der Waals surface area (Å²) in [5.74, 6) is 0. The first-order chi connectivity index (χ1) is 3.41. The van der Waals surface area contributed by atoms with Crippen molar-refractivity contribution in [2.45, 2.75) is 0 Å². The molecule has 1 N–H and O–H groups in total. The fourth-order valence-corrected chi connectivity index (χ4v) is 0.287. The van der Waals surface area contributed by atoms with Crippen molar-refractivity contribution in [2.75, 3.05) is 13.1 Å². The van der Waals surface area contributed by atoms with E-state index in [1.165, 1.54) is 0 Å². The fraction of sp³-hybridized carbons (Fsp3) is 0.333. The lowest BCUT2D eigenvalue weighted by molar-refractivity contribution is 0.845. The van der Waals surface area contributed by atoms with Crippen molar-refractivity contribution in [3.8, 4) is 0 Å². The predicted molar refractivity (Wildman–Crippen MR) is 44.6 cm³/mol. The van der Waals surface area contributed by atoms with Gasteiger partial charge < -0.3 is 5.32 Å². The average molecular weight is 129 g/mol. The molecule has 0 rings (SSSR count). The Morgan fingerprint density at radius 2 is 1.50 bits per heavy atom. The molecule has 0 amide bonds. The van der Waals surface area contributed by atoms with Crippen LogP contribution in [-0.4, -0.2) is 24.1 Å². The van der Waals surface area contributed by atoms with Crippen molar-refractivity contribution in [2.24, 2.45) is 0 Å². The number of rotatable bonds is 4. The minimum Gasteiger partial charge on any atom is -0.310 e. The van der Waals surface area contributed by atoms with Gasteiger partial charge in [-0.15, -0.1) is 13.2 Å². The number of nitrogens with one attached hydrogen (secondary N) is 1. The van der Waals surface area contributed by atoms with Gasteiger partial charge in [0, 0.05) is 13.1 Å². The molecule has 0 fully saturated rings. The Morgan fingerprint density at radius 1 is 1.12 bits per heavy atom. The highest BCUT2D eigenvalue weighted by Gasteiger charge is 1.69. The molecule has 0 radical (unpaired) electrons. The maximum Gasteiger partial charge on any atom is 0.0135 e. The highest BCUT2D eigenvalue weighted by Crippen LogP contribution is 1.59. The second kappa shape index (κ2) is 9.82. The summed E-state index contributed by atoms with van der Waals surface area (Å²) in [6.45, 7) is 8.81. The second-order valence-electron chi connectivity index (χ2n) is 1.24. The van der Waals surface area contributed by atoms with Crippen molar-refractivity contribution in [3.05, 3.63) is 25.3 Å². The lowest BCUT2D eigenvalue weighted by atomic mass is 10.5. The van der Waals surface area contributed by atoms with Gasteiger partial charge >= 0.3 is 0 Å². The maximum absolute atomic E-state index is 3.54. The van der Waals surface area contributed by atoms with Gasteiger partial charge in [-0.05, 0) is 11.0 Å². The monoisotopic (exact) mass is 129 g/mol. The molecule has 0 aliphatic heterocycles. The molecule has 0 bridgehead atoms. The Bertz CT molecular complexity index is 53.5. The molecule has 0 unspecified atom stereocenters. The predicted octanol–water partition coefficient (Wildman–Crippen LogP) is -0.504. The number of hydrogen-bond donors (Lipinski definition) is 1. The van der Waals surface area contributed by atoms with Gasteiger partial charge in [0.25, 0.3) is 0 Å². The van der Waals surface area contributed by atoms with Gasteiger partial charge in [-0.25, -0.2) is 0 Å². The van der Waals surface area contributed by atoms with E-state index in [2.05, 4.69) is 18.5 Å². The van der Waals surface area contributed by atoms with Crippen LogP contribution in [0.15, 0.2) is 25.3 Å². The third-order valence-electron chi connectivity index (χ3n) is 0.577. The minimum atomic E-state index is 0. The third-order valence-corrected chi connectivity index (χ3v) is 0.577. The van der Waals surface area contributed by atoms with E-state index in [-0.39, 0.29) is 11.0 Å². The lowest BCUT2D eigenvalue weighted by Gasteiger charge is -1.90. The van der Waals surface area contributed by atoms with E-state index in [4.69, 9.17) is 0 Å². The Kier molecular flexibility index (Phi) is 13.0. The average Bonchev–Trinajstić information content (AvgIpc) is 1.69. The summed E-state index contributed by atoms with van der Waals surface area (Å²) in [6.07, 6.45) is 3.65. The summed E-state index contributed by atoms with van der Waals surface area (Å²) >= 11 is 0. The van der Waals surface area contributed by atoms with E-state index in [0.717, 1.165) is 13.1 Å². The Morgan fingerprint density at radius 3 is 1.75 bits per heavy atom. The molecule has 0 aliphatic rings. The quantitative estimate of drug-likeness (QED) is 0.306. The van der Waals surface area contributed by atoms with Crippen LogP contribution in [0.3, 0.4) is 0 Å². The lowest BCUT2D eigenvalue weighted by Crippen LogP contribution is -2.11. The molecule has 2 heteroatoms. The van der Waals surface area contributed by atoms with Crippen LogP contribution in [0.1, 0.15) is 0 Å². The summed E-state index contributed by atoms with van der Waals surface area (Å²) in [7, 11) is 0. The second-order valence-corrected chi connectivity index (χ2v) is 1.24. The first-order valence-corrected chi connectivity index (χ1v) is 2.34. The fourth-order valence-electron chi connectivity index (χ4n) is 0.287. The van der Waals surface area contributed by atoms with Crippen LogP contribution in [0.4, 0.5) is 0 Å². The Hall–Kier alpha value is -0.343. The minimum absolute atomic E-state index is 0. The molecule has 0 aromatic heterocycles. The maximum atomic E-state index is 3.54. The third kappa shape index (κ3) is 9.17. The van der Waals surface area contributed by atoms with Crippen LogP contribution in [0.2, 0.25) is 0 Å². The van der Waals surface area contributed by atoms with Crippen molar-refractivity contribution in [3.63, 3.8) is 0 Å². The van der Waals surface area contributed by atoms with Crippen LogP contribution in [0.5, 0.6) is 0 Å². The molecule has 0 atom stereocenters. The van der Waals surface area contributed by atoms with Gasteiger partial charge in [0.05, 0.1) is 0 Å². The molecule has 8 heavy (non-hydrogen) atoms. The summed E-state index contributed by atoms with van der Waals surface area (Å²) in [5, 5.41) is 3.05. The molecular weight excluding hydrogens is 114 g/mol. The molecule has 48 valence electrons. The largest absolute Gasteiger partial charge is 0.310 e. The van der Waals surface area contributed by atoms with Gasteiger partial charge in [-0.3, -0.25) is 0 Å². The highest BCUT2D eigenvalue weighted by atomic mass is 28.1. The zero-order valence-corrected chi connectivity index (χ0v) is 4.48. The van der Waals surface area contributed by atoms with E-state index >= 15 is 0 Å². The van der Waals surface area contributed by atoms with Gasteiger partial charge in [-0.1, -0.05) is 12.2 Å². The molecule has 0 heterocycles. The summed E-state index contributed by atoms with van der Waals surface area (Å²) in [5.41, 5.74) is 0. The van der Waals surface area contributed by atoms with E-state index in [1.807, 2.05) is 12.2 Å². The van der Waals surface area contributed by atoms with E-state index in [0.29, 0.717) is 0 Å². The topological polar surface area (TPSA) is 12.0 Å². The molecule has 0 aliphatic carbocycles. The molecule has 0 aromatic rings.